The highest BCUT2D eigenvalue weighted by Gasteiger charge is 2.04. The molecule has 5 nitrogen and oxygen atoms in total. The molecule has 0 aliphatic rings. The molecule has 1 aromatic heterocycles. The van der Waals surface area contributed by atoms with Gasteiger partial charge in [-0.15, -0.1) is 0 Å². The number of hydrogen-bond acceptors (Lipinski definition) is 4. The van der Waals surface area contributed by atoms with E-state index < -0.39 is 0 Å². The lowest BCUT2D eigenvalue weighted by Gasteiger charge is -2.00. The van der Waals surface area contributed by atoms with Crippen LogP contribution in [0, 0.1) is 29.6 Å². The Morgan fingerprint density at radius 2 is 2.11 bits per heavy atom. The van der Waals surface area contributed by atoms with Crippen LogP contribution in [0.5, 0.6) is 0 Å². The average Bonchev–Trinajstić information content (AvgIpc) is 2.67. The normalized spacial score (nSPS) is 9.56. The summed E-state index contributed by atoms with van der Waals surface area (Å²) in [6.45, 7) is 1.99. The number of fused-ring (bicyclic) bond motifs is 1. The van der Waals surface area contributed by atoms with Gasteiger partial charge in [-0.25, -0.2) is 0 Å². The summed E-state index contributed by atoms with van der Waals surface area (Å²) in [5, 5.41) is 25.6. The average molecular weight is 237 g/mol. The zero-order valence-corrected chi connectivity index (χ0v) is 10.1. The molecule has 0 aliphatic carbocycles. The SMILES string of the molecule is Cc1c2cc(NC=C(C#N)C#N)ccc2nn1C. The van der Waals surface area contributed by atoms with E-state index in [0.717, 1.165) is 22.3 Å². The molecule has 0 spiro atoms. The third kappa shape index (κ3) is 2.02. The van der Waals surface area contributed by atoms with Gasteiger partial charge in [-0.05, 0) is 25.1 Å². The fraction of sp³-hybridized carbons (Fsp3) is 0.154. The lowest BCUT2D eigenvalue weighted by Crippen LogP contribution is -1.91. The van der Waals surface area contributed by atoms with Gasteiger partial charge in [0.1, 0.15) is 17.7 Å². The van der Waals surface area contributed by atoms with Gasteiger partial charge in [-0.1, -0.05) is 0 Å². The number of anilines is 1. The van der Waals surface area contributed by atoms with E-state index in [1.165, 1.54) is 6.20 Å². The van der Waals surface area contributed by atoms with Gasteiger partial charge >= 0.3 is 0 Å². The van der Waals surface area contributed by atoms with Crippen molar-refractivity contribution < 1.29 is 0 Å². The highest BCUT2D eigenvalue weighted by Crippen LogP contribution is 2.21. The summed E-state index contributed by atoms with van der Waals surface area (Å²) in [6, 6.07) is 9.29. The Kier molecular flexibility index (Phi) is 2.99. The van der Waals surface area contributed by atoms with Crippen LogP contribution in [0.3, 0.4) is 0 Å². The van der Waals surface area contributed by atoms with Gasteiger partial charge in [0.15, 0.2) is 0 Å². The molecule has 0 saturated heterocycles. The Bertz CT molecular complexity index is 693. The van der Waals surface area contributed by atoms with Crippen molar-refractivity contribution in [1.82, 2.24) is 9.78 Å². The fourth-order valence-electron chi connectivity index (χ4n) is 1.66. The maximum atomic E-state index is 8.63. The molecule has 0 bridgehead atoms. The van der Waals surface area contributed by atoms with Crippen LogP contribution < -0.4 is 5.32 Å². The standard InChI is InChI=1S/C13H11N5/c1-9-12-5-11(16-8-10(6-14)7-15)3-4-13(12)17-18(9)2/h3-5,8,16H,1-2H3. The molecule has 88 valence electrons. The monoisotopic (exact) mass is 237 g/mol. The van der Waals surface area contributed by atoms with E-state index >= 15 is 0 Å². The van der Waals surface area contributed by atoms with E-state index in [1.807, 2.05) is 36.9 Å². The predicted molar refractivity (Wildman–Crippen MR) is 68.4 cm³/mol. The molecule has 5 heteroatoms. The third-order valence-corrected chi connectivity index (χ3v) is 2.75. The number of nitriles is 2. The Hall–Kier alpha value is -2.79. The summed E-state index contributed by atoms with van der Waals surface area (Å²) in [5.74, 6) is 0. The second-order valence-corrected chi connectivity index (χ2v) is 3.87. The summed E-state index contributed by atoms with van der Waals surface area (Å²) in [5.41, 5.74) is 2.85. The van der Waals surface area contributed by atoms with Gasteiger partial charge in [0.25, 0.3) is 0 Å². The molecule has 0 atom stereocenters. The van der Waals surface area contributed by atoms with Crippen molar-refractivity contribution in [2.24, 2.45) is 7.05 Å². The Labute approximate surface area is 105 Å². The molecule has 1 heterocycles. The quantitative estimate of drug-likeness (QED) is 0.812. The molecular weight excluding hydrogens is 226 g/mol. The van der Waals surface area contributed by atoms with Crippen LogP contribution in [-0.2, 0) is 7.05 Å². The van der Waals surface area contributed by atoms with E-state index in [9.17, 15) is 0 Å². The van der Waals surface area contributed by atoms with Gasteiger partial charge in [0.2, 0.25) is 0 Å². The van der Waals surface area contributed by atoms with Gasteiger partial charge in [-0.2, -0.15) is 15.6 Å². The number of rotatable bonds is 2. The minimum Gasteiger partial charge on any atom is -0.360 e. The van der Waals surface area contributed by atoms with Crippen LogP contribution in [0.1, 0.15) is 5.69 Å². The zero-order valence-electron chi connectivity index (χ0n) is 10.1. The molecule has 0 saturated carbocycles. The number of benzene rings is 1. The minimum atomic E-state index is 0.0398. The first-order chi connectivity index (χ1) is 8.65. The van der Waals surface area contributed by atoms with Gasteiger partial charge < -0.3 is 5.32 Å². The largest absolute Gasteiger partial charge is 0.360 e. The smallest absolute Gasteiger partial charge is 0.145 e. The van der Waals surface area contributed by atoms with Crippen molar-refractivity contribution in [1.29, 1.82) is 10.5 Å². The van der Waals surface area contributed by atoms with E-state index in [1.54, 1.807) is 12.1 Å². The first-order valence-electron chi connectivity index (χ1n) is 5.36. The van der Waals surface area contributed by atoms with Crippen LogP contribution in [0.4, 0.5) is 5.69 Å². The Morgan fingerprint density at radius 3 is 2.78 bits per heavy atom. The molecule has 0 unspecified atom stereocenters. The third-order valence-electron chi connectivity index (χ3n) is 2.75. The van der Waals surface area contributed by atoms with Crippen LogP contribution in [0.15, 0.2) is 30.0 Å². The highest BCUT2D eigenvalue weighted by atomic mass is 15.3. The minimum absolute atomic E-state index is 0.0398. The van der Waals surface area contributed by atoms with E-state index in [2.05, 4.69) is 10.4 Å². The molecular formula is C13H11N5. The predicted octanol–water partition coefficient (Wildman–Crippen LogP) is 2.22. The Balaban J connectivity index is 2.37. The number of aromatic nitrogens is 2. The summed E-state index contributed by atoms with van der Waals surface area (Å²) >= 11 is 0. The van der Waals surface area contributed by atoms with Gasteiger partial charge in [-0.3, -0.25) is 4.68 Å². The first kappa shape index (κ1) is 11.7. The van der Waals surface area contributed by atoms with Gasteiger partial charge in [0.05, 0.1) is 5.52 Å². The molecule has 2 aromatic rings. The van der Waals surface area contributed by atoms with Crippen molar-refractivity contribution in [3.05, 3.63) is 35.7 Å². The van der Waals surface area contributed by atoms with Crippen molar-refractivity contribution in [2.75, 3.05) is 5.32 Å². The number of hydrogen-bond donors (Lipinski definition) is 1. The van der Waals surface area contributed by atoms with Crippen LogP contribution in [0.25, 0.3) is 10.9 Å². The summed E-state index contributed by atoms with van der Waals surface area (Å²) < 4.78 is 1.82. The second-order valence-electron chi connectivity index (χ2n) is 3.87. The van der Waals surface area contributed by atoms with Crippen molar-refractivity contribution in [3.8, 4) is 12.1 Å². The molecule has 0 radical (unpaired) electrons. The van der Waals surface area contributed by atoms with E-state index in [-0.39, 0.29) is 5.57 Å². The van der Waals surface area contributed by atoms with Crippen LogP contribution in [0.2, 0.25) is 0 Å². The molecule has 18 heavy (non-hydrogen) atoms. The van der Waals surface area contributed by atoms with Crippen molar-refractivity contribution >= 4 is 16.6 Å². The highest BCUT2D eigenvalue weighted by molar-refractivity contribution is 5.85. The van der Waals surface area contributed by atoms with Crippen LogP contribution in [-0.4, -0.2) is 9.78 Å². The maximum absolute atomic E-state index is 8.63. The van der Waals surface area contributed by atoms with E-state index in [4.69, 9.17) is 10.5 Å². The summed E-state index contributed by atoms with van der Waals surface area (Å²) in [4.78, 5) is 0. The molecule has 0 amide bonds. The molecule has 1 aromatic carbocycles. The van der Waals surface area contributed by atoms with Crippen molar-refractivity contribution in [2.45, 2.75) is 6.92 Å². The number of allylic oxidation sites excluding steroid dienone is 1. The second kappa shape index (κ2) is 4.60. The zero-order chi connectivity index (χ0) is 13.1. The number of aryl methyl sites for hydroxylation is 2. The lowest BCUT2D eigenvalue weighted by molar-refractivity contribution is 0.751. The summed E-state index contributed by atoms with van der Waals surface area (Å²) in [7, 11) is 1.89. The molecule has 0 fully saturated rings. The maximum Gasteiger partial charge on any atom is 0.145 e. The van der Waals surface area contributed by atoms with Gasteiger partial charge in [0, 0.05) is 30.0 Å². The van der Waals surface area contributed by atoms with Crippen molar-refractivity contribution in [3.63, 3.8) is 0 Å². The molecule has 0 aliphatic heterocycles. The Morgan fingerprint density at radius 1 is 1.39 bits per heavy atom. The van der Waals surface area contributed by atoms with E-state index in [0.29, 0.717) is 0 Å². The number of nitrogens with zero attached hydrogens (tertiary/aromatic N) is 4. The topological polar surface area (TPSA) is 77.4 Å². The summed E-state index contributed by atoms with van der Waals surface area (Å²) in [6.07, 6.45) is 1.40. The molecule has 1 N–H and O–H groups in total. The number of nitrogens with one attached hydrogen (secondary N) is 1. The first-order valence-corrected chi connectivity index (χ1v) is 5.36. The van der Waals surface area contributed by atoms with Crippen LogP contribution >= 0.6 is 0 Å². The lowest BCUT2D eigenvalue weighted by atomic mass is 10.2. The fourth-order valence-corrected chi connectivity index (χ4v) is 1.66. The molecule has 2 rings (SSSR count).